The van der Waals surface area contributed by atoms with E-state index in [1.165, 1.54) is 23.5 Å². The Balaban J connectivity index is 2.38. The summed E-state index contributed by atoms with van der Waals surface area (Å²) in [5.74, 6) is -0.268. The Bertz CT molecular complexity index is 603. The normalized spacial score (nSPS) is 20.6. The number of sulfonamides is 1. The van der Waals surface area contributed by atoms with Gasteiger partial charge in [-0.1, -0.05) is 24.1 Å². The number of nitrogens with zero attached hydrogens (tertiary/aromatic N) is 1. The summed E-state index contributed by atoms with van der Waals surface area (Å²) in [7, 11) is -2.19. The third-order valence-corrected chi connectivity index (χ3v) is 5.54. The van der Waals surface area contributed by atoms with Gasteiger partial charge < -0.3 is 5.32 Å². The predicted octanol–water partition coefficient (Wildman–Crippen LogP) is 1.63. The number of likely N-dealkylation sites (N-methyl/N-ethyl adjacent to an activating group) is 1. The van der Waals surface area contributed by atoms with E-state index >= 15 is 0 Å². The van der Waals surface area contributed by atoms with Gasteiger partial charge in [-0.3, -0.25) is 4.79 Å². The van der Waals surface area contributed by atoms with Crippen molar-refractivity contribution in [1.29, 1.82) is 0 Å². The Morgan fingerprint density at radius 3 is 2.80 bits per heavy atom. The standard InChI is InChI=1S/C13H17ClN2O3S/c1-15-13(17)12-7-2-3-8-16(12)20(18,19)11-6-4-5-10(14)9-11/h4-6,9,12H,2-3,7-8H2,1H3,(H,15,17). The molecule has 1 amide bonds. The zero-order valence-electron chi connectivity index (χ0n) is 11.2. The molecular weight excluding hydrogens is 300 g/mol. The van der Waals surface area contributed by atoms with E-state index in [0.717, 1.165) is 12.8 Å². The molecule has 0 spiro atoms. The lowest BCUT2D eigenvalue weighted by Crippen LogP contribution is -2.51. The number of benzene rings is 1. The van der Waals surface area contributed by atoms with Crippen LogP contribution >= 0.6 is 11.6 Å². The topological polar surface area (TPSA) is 66.5 Å². The minimum Gasteiger partial charge on any atom is -0.358 e. The van der Waals surface area contributed by atoms with Crippen molar-refractivity contribution in [1.82, 2.24) is 9.62 Å². The Hall–Kier alpha value is -1.11. The van der Waals surface area contributed by atoms with Gasteiger partial charge in [0.05, 0.1) is 4.90 Å². The molecule has 0 aromatic heterocycles. The van der Waals surface area contributed by atoms with Crippen LogP contribution in [0, 0.1) is 0 Å². The van der Waals surface area contributed by atoms with Crippen LogP contribution in [0.5, 0.6) is 0 Å². The van der Waals surface area contributed by atoms with E-state index in [9.17, 15) is 13.2 Å². The summed E-state index contributed by atoms with van der Waals surface area (Å²) in [4.78, 5) is 12.0. The van der Waals surface area contributed by atoms with Crippen LogP contribution in [-0.4, -0.2) is 38.3 Å². The van der Waals surface area contributed by atoms with E-state index < -0.39 is 16.1 Å². The fraction of sp³-hybridized carbons (Fsp3) is 0.462. The van der Waals surface area contributed by atoms with Crippen LogP contribution in [0.3, 0.4) is 0 Å². The average Bonchev–Trinajstić information content (AvgIpc) is 2.46. The highest BCUT2D eigenvalue weighted by molar-refractivity contribution is 7.89. The second-order valence-corrected chi connectivity index (χ2v) is 7.03. The lowest BCUT2D eigenvalue weighted by molar-refractivity contribution is -0.125. The van der Waals surface area contributed by atoms with Crippen LogP contribution in [0.15, 0.2) is 29.2 Å². The first-order valence-electron chi connectivity index (χ1n) is 6.46. The van der Waals surface area contributed by atoms with Gasteiger partial charge in [0.25, 0.3) is 0 Å². The number of piperidine rings is 1. The Morgan fingerprint density at radius 1 is 1.40 bits per heavy atom. The van der Waals surface area contributed by atoms with Gasteiger partial charge in [0, 0.05) is 18.6 Å². The average molecular weight is 317 g/mol. The molecule has 1 heterocycles. The van der Waals surface area contributed by atoms with Crippen LogP contribution in [-0.2, 0) is 14.8 Å². The zero-order chi connectivity index (χ0) is 14.8. The van der Waals surface area contributed by atoms with E-state index in [0.29, 0.717) is 18.0 Å². The molecule has 1 N–H and O–H groups in total. The molecule has 1 aromatic rings. The molecule has 7 heteroatoms. The molecule has 1 aromatic carbocycles. The van der Waals surface area contributed by atoms with Crippen molar-refractivity contribution < 1.29 is 13.2 Å². The molecule has 1 unspecified atom stereocenters. The Morgan fingerprint density at radius 2 is 2.15 bits per heavy atom. The Kier molecular flexibility index (Phi) is 4.67. The molecule has 110 valence electrons. The summed E-state index contributed by atoms with van der Waals surface area (Å²) in [5, 5.41) is 2.89. The molecule has 2 rings (SSSR count). The van der Waals surface area contributed by atoms with Crippen LogP contribution in [0.1, 0.15) is 19.3 Å². The molecular formula is C13H17ClN2O3S. The van der Waals surface area contributed by atoms with Crippen LogP contribution in [0.25, 0.3) is 0 Å². The largest absolute Gasteiger partial charge is 0.358 e. The van der Waals surface area contributed by atoms with Crippen molar-refractivity contribution in [2.45, 2.75) is 30.2 Å². The summed E-state index contributed by atoms with van der Waals surface area (Å²) in [6, 6.07) is 5.47. The minimum atomic E-state index is -3.70. The molecule has 0 aliphatic carbocycles. The lowest BCUT2D eigenvalue weighted by Gasteiger charge is -2.33. The monoisotopic (exact) mass is 316 g/mol. The van der Waals surface area contributed by atoms with E-state index in [-0.39, 0.29) is 10.8 Å². The highest BCUT2D eigenvalue weighted by Gasteiger charge is 2.37. The van der Waals surface area contributed by atoms with Crippen molar-refractivity contribution in [3.05, 3.63) is 29.3 Å². The molecule has 1 saturated heterocycles. The van der Waals surface area contributed by atoms with Crippen LogP contribution in [0.4, 0.5) is 0 Å². The number of carbonyl (C=O) groups excluding carboxylic acids is 1. The third kappa shape index (κ3) is 2.97. The van der Waals surface area contributed by atoms with Gasteiger partial charge in [0.2, 0.25) is 15.9 Å². The lowest BCUT2D eigenvalue weighted by atomic mass is 10.0. The quantitative estimate of drug-likeness (QED) is 0.921. The van der Waals surface area contributed by atoms with Gasteiger partial charge in [0.15, 0.2) is 0 Å². The molecule has 0 saturated carbocycles. The summed E-state index contributed by atoms with van der Waals surface area (Å²) in [6.45, 7) is 0.354. The van der Waals surface area contributed by atoms with Crippen molar-refractivity contribution in [3.63, 3.8) is 0 Å². The summed E-state index contributed by atoms with van der Waals surface area (Å²) >= 11 is 5.85. The molecule has 0 bridgehead atoms. The molecule has 1 aliphatic rings. The van der Waals surface area contributed by atoms with Gasteiger partial charge in [0.1, 0.15) is 6.04 Å². The molecule has 1 fully saturated rings. The van der Waals surface area contributed by atoms with Crippen molar-refractivity contribution >= 4 is 27.5 Å². The van der Waals surface area contributed by atoms with Crippen molar-refractivity contribution in [2.75, 3.05) is 13.6 Å². The fourth-order valence-corrected chi connectivity index (χ4v) is 4.34. The zero-order valence-corrected chi connectivity index (χ0v) is 12.7. The Labute approximate surface area is 124 Å². The second kappa shape index (κ2) is 6.11. The summed E-state index contributed by atoms with van der Waals surface area (Å²) in [6.07, 6.45) is 2.15. The van der Waals surface area contributed by atoms with Crippen molar-refractivity contribution in [2.24, 2.45) is 0 Å². The first-order valence-corrected chi connectivity index (χ1v) is 8.27. The van der Waals surface area contributed by atoms with Gasteiger partial charge in [-0.2, -0.15) is 4.31 Å². The number of halogens is 1. The van der Waals surface area contributed by atoms with E-state index in [1.807, 2.05) is 0 Å². The third-order valence-electron chi connectivity index (χ3n) is 3.41. The van der Waals surface area contributed by atoms with Crippen molar-refractivity contribution in [3.8, 4) is 0 Å². The highest BCUT2D eigenvalue weighted by Crippen LogP contribution is 2.26. The number of rotatable bonds is 3. The number of carbonyl (C=O) groups is 1. The van der Waals surface area contributed by atoms with Gasteiger partial charge in [-0.25, -0.2) is 8.42 Å². The summed E-state index contributed by atoms with van der Waals surface area (Å²) in [5.41, 5.74) is 0. The maximum absolute atomic E-state index is 12.7. The highest BCUT2D eigenvalue weighted by atomic mass is 35.5. The number of hydrogen-bond donors (Lipinski definition) is 1. The van der Waals surface area contributed by atoms with Gasteiger partial charge >= 0.3 is 0 Å². The van der Waals surface area contributed by atoms with Crippen LogP contribution in [0.2, 0.25) is 5.02 Å². The van der Waals surface area contributed by atoms with Gasteiger partial charge in [-0.05, 0) is 31.0 Å². The smallest absolute Gasteiger partial charge is 0.243 e. The first-order chi connectivity index (χ1) is 9.46. The predicted molar refractivity (Wildman–Crippen MR) is 77.0 cm³/mol. The maximum atomic E-state index is 12.7. The van der Waals surface area contributed by atoms with Gasteiger partial charge in [-0.15, -0.1) is 0 Å². The number of hydrogen-bond acceptors (Lipinski definition) is 3. The molecule has 0 radical (unpaired) electrons. The molecule has 1 aliphatic heterocycles. The molecule has 20 heavy (non-hydrogen) atoms. The molecule has 5 nitrogen and oxygen atoms in total. The minimum absolute atomic E-state index is 0.126. The SMILES string of the molecule is CNC(=O)C1CCCCN1S(=O)(=O)c1cccc(Cl)c1. The maximum Gasteiger partial charge on any atom is 0.243 e. The summed E-state index contributed by atoms with van der Waals surface area (Å²) < 4.78 is 26.6. The first kappa shape index (κ1) is 15.3. The number of nitrogens with one attached hydrogen (secondary N) is 1. The fourth-order valence-electron chi connectivity index (χ4n) is 2.38. The van der Waals surface area contributed by atoms with Crippen LogP contribution < -0.4 is 5.32 Å². The van der Waals surface area contributed by atoms with E-state index in [1.54, 1.807) is 12.1 Å². The number of amides is 1. The molecule has 1 atom stereocenters. The second-order valence-electron chi connectivity index (χ2n) is 4.70. The van der Waals surface area contributed by atoms with E-state index in [4.69, 9.17) is 11.6 Å². The van der Waals surface area contributed by atoms with E-state index in [2.05, 4.69) is 5.32 Å².